The Hall–Kier alpha value is -3.35. The predicted molar refractivity (Wildman–Crippen MR) is 100 cm³/mol. The number of nitrogens with zero attached hydrogens (tertiary/aromatic N) is 2. The standard InChI is InChI=1S/C20H21N3O4/c1-20(11-19(25)26,15-7-5-8-16(10-15)27-2)22-18(24)13-23-17-9-4-3-6-14(17)12-21-23/h3-10,12H,11,13H2,1-2H3,(H,22,24)(H,25,26). The van der Waals surface area contributed by atoms with Crippen LogP contribution in [0.15, 0.2) is 54.7 Å². The first-order chi connectivity index (χ1) is 12.9. The summed E-state index contributed by atoms with van der Waals surface area (Å²) in [6.45, 7) is 1.68. The normalized spacial score (nSPS) is 13.1. The number of para-hydroxylation sites is 1. The Morgan fingerprint density at radius 3 is 2.74 bits per heavy atom. The highest BCUT2D eigenvalue weighted by Crippen LogP contribution is 2.28. The zero-order chi connectivity index (χ0) is 19.4. The number of benzene rings is 2. The fraction of sp³-hybridized carbons (Fsp3) is 0.250. The van der Waals surface area contributed by atoms with E-state index in [2.05, 4.69) is 10.4 Å². The van der Waals surface area contributed by atoms with Crippen molar-refractivity contribution in [3.63, 3.8) is 0 Å². The van der Waals surface area contributed by atoms with E-state index in [1.807, 2.05) is 24.3 Å². The van der Waals surface area contributed by atoms with Crippen LogP contribution in [0, 0.1) is 0 Å². The molecule has 1 heterocycles. The molecular formula is C20H21N3O4. The number of carbonyl (C=O) groups excluding carboxylic acids is 1. The Balaban J connectivity index is 1.85. The van der Waals surface area contributed by atoms with Crippen LogP contribution in [0.1, 0.15) is 18.9 Å². The summed E-state index contributed by atoms with van der Waals surface area (Å²) in [5.41, 5.74) is 0.414. The van der Waals surface area contributed by atoms with Gasteiger partial charge < -0.3 is 15.2 Å². The Kier molecular flexibility index (Phi) is 5.12. The molecular weight excluding hydrogens is 346 g/mol. The van der Waals surface area contributed by atoms with E-state index in [-0.39, 0.29) is 18.9 Å². The summed E-state index contributed by atoms with van der Waals surface area (Å²) >= 11 is 0. The number of carboxylic acid groups (broad SMARTS) is 1. The SMILES string of the molecule is COc1cccc(C(C)(CC(=O)O)NC(=O)Cn2ncc3ccccc32)c1. The molecule has 2 aromatic carbocycles. The molecule has 140 valence electrons. The maximum atomic E-state index is 12.7. The van der Waals surface area contributed by atoms with Crippen molar-refractivity contribution in [2.45, 2.75) is 25.4 Å². The third kappa shape index (κ3) is 4.08. The summed E-state index contributed by atoms with van der Waals surface area (Å²) < 4.78 is 6.81. The average Bonchev–Trinajstić information content (AvgIpc) is 3.04. The van der Waals surface area contributed by atoms with Gasteiger partial charge in [0.15, 0.2) is 0 Å². The van der Waals surface area contributed by atoms with Crippen LogP contribution in [0.2, 0.25) is 0 Å². The smallest absolute Gasteiger partial charge is 0.306 e. The second-order valence-electron chi connectivity index (χ2n) is 6.54. The van der Waals surface area contributed by atoms with Crippen LogP contribution in [-0.4, -0.2) is 33.9 Å². The molecule has 1 unspecified atom stereocenters. The molecule has 1 aromatic heterocycles. The van der Waals surface area contributed by atoms with E-state index in [0.717, 1.165) is 10.9 Å². The monoisotopic (exact) mass is 367 g/mol. The molecule has 0 fully saturated rings. The Labute approximate surface area is 156 Å². The fourth-order valence-corrected chi connectivity index (χ4v) is 3.12. The molecule has 0 aliphatic carbocycles. The Bertz CT molecular complexity index is 982. The molecule has 1 amide bonds. The zero-order valence-electron chi connectivity index (χ0n) is 15.2. The van der Waals surface area contributed by atoms with Gasteiger partial charge in [0.1, 0.15) is 12.3 Å². The predicted octanol–water partition coefficient (Wildman–Crippen LogP) is 2.55. The first-order valence-corrected chi connectivity index (χ1v) is 8.49. The number of fused-ring (bicyclic) bond motifs is 1. The number of carbonyl (C=O) groups is 2. The number of aliphatic carboxylic acids is 1. The second-order valence-corrected chi connectivity index (χ2v) is 6.54. The van der Waals surface area contributed by atoms with Crippen molar-refractivity contribution in [2.24, 2.45) is 0 Å². The second kappa shape index (κ2) is 7.49. The van der Waals surface area contributed by atoms with Crippen molar-refractivity contribution in [1.29, 1.82) is 0 Å². The van der Waals surface area contributed by atoms with Crippen LogP contribution >= 0.6 is 0 Å². The van der Waals surface area contributed by atoms with Crippen LogP contribution < -0.4 is 10.1 Å². The number of ether oxygens (including phenoxy) is 1. The third-order valence-electron chi connectivity index (χ3n) is 4.47. The first-order valence-electron chi connectivity index (χ1n) is 8.49. The van der Waals surface area contributed by atoms with E-state index < -0.39 is 11.5 Å². The van der Waals surface area contributed by atoms with Crippen LogP contribution in [0.5, 0.6) is 5.75 Å². The quantitative estimate of drug-likeness (QED) is 0.669. The first kappa shape index (κ1) is 18.4. The molecule has 2 N–H and O–H groups in total. The van der Waals surface area contributed by atoms with Gasteiger partial charge in [0.05, 0.1) is 30.8 Å². The van der Waals surface area contributed by atoms with E-state index in [1.165, 1.54) is 7.11 Å². The van der Waals surface area contributed by atoms with Crippen molar-refractivity contribution >= 4 is 22.8 Å². The van der Waals surface area contributed by atoms with Gasteiger partial charge in [-0.3, -0.25) is 14.3 Å². The summed E-state index contributed by atoms with van der Waals surface area (Å²) in [4.78, 5) is 24.1. The zero-order valence-corrected chi connectivity index (χ0v) is 15.2. The van der Waals surface area contributed by atoms with Crippen molar-refractivity contribution in [3.8, 4) is 5.75 Å². The number of methoxy groups -OCH3 is 1. The van der Waals surface area contributed by atoms with Gasteiger partial charge in [0, 0.05) is 5.39 Å². The molecule has 0 bridgehead atoms. The molecule has 3 aromatic rings. The topological polar surface area (TPSA) is 93.5 Å². The van der Waals surface area contributed by atoms with Gasteiger partial charge in [-0.1, -0.05) is 30.3 Å². The van der Waals surface area contributed by atoms with Crippen molar-refractivity contribution < 1.29 is 19.4 Å². The van der Waals surface area contributed by atoms with E-state index in [0.29, 0.717) is 11.3 Å². The van der Waals surface area contributed by atoms with E-state index in [4.69, 9.17) is 4.74 Å². The lowest BCUT2D eigenvalue weighted by molar-refractivity contribution is -0.139. The minimum absolute atomic E-state index is 0.00725. The summed E-state index contributed by atoms with van der Waals surface area (Å²) in [6, 6.07) is 14.6. The van der Waals surface area contributed by atoms with Gasteiger partial charge in [-0.25, -0.2) is 0 Å². The van der Waals surface area contributed by atoms with Gasteiger partial charge in [-0.2, -0.15) is 5.10 Å². The van der Waals surface area contributed by atoms with Gasteiger partial charge >= 0.3 is 5.97 Å². The number of amides is 1. The molecule has 3 rings (SSSR count). The molecule has 0 saturated carbocycles. The number of nitrogens with one attached hydrogen (secondary N) is 1. The molecule has 0 aliphatic heterocycles. The third-order valence-corrected chi connectivity index (χ3v) is 4.47. The summed E-state index contributed by atoms with van der Waals surface area (Å²) in [5.74, 6) is -0.739. The summed E-state index contributed by atoms with van der Waals surface area (Å²) in [6.07, 6.45) is 1.44. The van der Waals surface area contributed by atoms with E-state index in [9.17, 15) is 14.7 Å². The molecule has 0 spiro atoms. The van der Waals surface area contributed by atoms with Gasteiger partial charge in [0.25, 0.3) is 0 Å². The van der Waals surface area contributed by atoms with Crippen molar-refractivity contribution in [3.05, 3.63) is 60.3 Å². The summed E-state index contributed by atoms with van der Waals surface area (Å²) in [7, 11) is 1.54. The van der Waals surface area contributed by atoms with Gasteiger partial charge in [-0.05, 0) is 30.7 Å². The molecule has 7 nitrogen and oxygen atoms in total. The number of hydrogen-bond acceptors (Lipinski definition) is 4. The maximum absolute atomic E-state index is 12.7. The number of hydrogen-bond donors (Lipinski definition) is 2. The molecule has 27 heavy (non-hydrogen) atoms. The highest BCUT2D eigenvalue weighted by Gasteiger charge is 2.32. The van der Waals surface area contributed by atoms with Crippen molar-refractivity contribution in [1.82, 2.24) is 15.1 Å². The molecule has 1 atom stereocenters. The van der Waals surface area contributed by atoms with Crippen LogP contribution in [-0.2, 0) is 21.7 Å². The van der Waals surface area contributed by atoms with Crippen LogP contribution in [0.25, 0.3) is 10.9 Å². The van der Waals surface area contributed by atoms with Crippen molar-refractivity contribution in [2.75, 3.05) is 7.11 Å². The molecule has 7 heteroatoms. The number of aromatic nitrogens is 2. The number of carboxylic acids is 1. The van der Waals surface area contributed by atoms with E-state index in [1.54, 1.807) is 42.1 Å². The van der Waals surface area contributed by atoms with E-state index >= 15 is 0 Å². The highest BCUT2D eigenvalue weighted by molar-refractivity contribution is 5.83. The van der Waals surface area contributed by atoms with Gasteiger partial charge in [-0.15, -0.1) is 0 Å². The molecule has 0 radical (unpaired) electrons. The Morgan fingerprint density at radius 1 is 1.22 bits per heavy atom. The fourth-order valence-electron chi connectivity index (χ4n) is 3.12. The average molecular weight is 367 g/mol. The number of rotatable bonds is 7. The summed E-state index contributed by atoms with van der Waals surface area (Å²) in [5, 5.41) is 17.4. The lowest BCUT2D eigenvalue weighted by Gasteiger charge is -2.30. The minimum Gasteiger partial charge on any atom is -0.497 e. The lowest BCUT2D eigenvalue weighted by Crippen LogP contribution is -2.46. The molecule has 0 aliphatic rings. The minimum atomic E-state index is -1.08. The highest BCUT2D eigenvalue weighted by atomic mass is 16.5. The largest absolute Gasteiger partial charge is 0.497 e. The Morgan fingerprint density at radius 2 is 2.00 bits per heavy atom. The van der Waals surface area contributed by atoms with Crippen LogP contribution in [0.3, 0.4) is 0 Å². The molecule has 0 saturated heterocycles. The maximum Gasteiger partial charge on any atom is 0.306 e. The lowest BCUT2D eigenvalue weighted by atomic mass is 9.88. The van der Waals surface area contributed by atoms with Crippen LogP contribution in [0.4, 0.5) is 0 Å². The van der Waals surface area contributed by atoms with Gasteiger partial charge in [0.2, 0.25) is 5.91 Å².